The zero-order chi connectivity index (χ0) is 36.6. The molecular formula is C46H63NO6. The van der Waals surface area contributed by atoms with E-state index in [2.05, 4.69) is 68.2 Å². The molecule has 53 heavy (non-hydrogen) atoms. The van der Waals surface area contributed by atoms with Gasteiger partial charge in [0.1, 0.15) is 12.4 Å². The van der Waals surface area contributed by atoms with E-state index in [1.165, 1.54) is 42.4 Å². The zero-order valence-corrected chi connectivity index (χ0v) is 32.6. The molecule has 2 saturated carbocycles. The number of hydrogen-bond donors (Lipinski definition) is 0. The van der Waals surface area contributed by atoms with Gasteiger partial charge in [0.05, 0.1) is 12.7 Å². The number of carbonyl (C=O) groups is 1. The highest BCUT2D eigenvalue weighted by molar-refractivity contribution is 5.77. The summed E-state index contributed by atoms with van der Waals surface area (Å²) in [6.07, 6.45) is 16.1. The summed E-state index contributed by atoms with van der Waals surface area (Å²) < 4.78 is 30.9. The molecule has 0 bridgehead atoms. The summed E-state index contributed by atoms with van der Waals surface area (Å²) in [5.41, 5.74) is 5.54. The van der Waals surface area contributed by atoms with Gasteiger partial charge in [-0.05, 0) is 147 Å². The Labute approximate surface area is 318 Å². The van der Waals surface area contributed by atoms with E-state index in [1.807, 2.05) is 7.05 Å². The van der Waals surface area contributed by atoms with E-state index in [0.29, 0.717) is 30.3 Å². The normalized spacial score (nSPS) is 30.7. The van der Waals surface area contributed by atoms with Gasteiger partial charge >= 0.3 is 0 Å². The number of nitrogens with zero attached hydrogens (tertiary/aromatic N) is 1. The molecule has 0 radical (unpaired) electrons. The van der Waals surface area contributed by atoms with E-state index in [1.54, 1.807) is 4.90 Å². The Hall–Kier alpha value is -2.89. The third-order valence-corrected chi connectivity index (χ3v) is 13.1. The molecular weight excluding hydrogens is 663 g/mol. The van der Waals surface area contributed by atoms with Crippen molar-refractivity contribution in [3.05, 3.63) is 64.7 Å². The van der Waals surface area contributed by atoms with Gasteiger partial charge in [0.2, 0.25) is 5.91 Å². The van der Waals surface area contributed by atoms with Crippen molar-refractivity contribution in [2.75, 3.05) is 40.0 Å². The van der Waals surface area contributed by atoms with Crippen molar-refractivity contribution in [1.29, 1.82) is 0 Å². The summed E-state index contributed by atoms with van der Waals surface area (Å²) in [6.45, 7) is 7.77. The van der Waals surface area contributed by atoms with E-state index in [4.69, 9.17) is 23.7 Å². The maximum Gasteiger partial charge on any atom is 0.248 e. The molecule has 2 unspecified atom stereocenters. The topological polar surface area (TPSA) is 66.5 Å². The highest BCUT2D eigenvalue weighted by atomic mass is 16.7. The molecule has 0 aromatic heterocycles. The van der Waals surface area contributed by atoms with Crippen LogP contribution in [-0.4, -0.2) is 69.5 Å². The van der Waals surface area contributed by atoms with Gasteiger partial charge in [-0.1, -0.05) is 50.3 Å². The van der Waals surface area contributed by atoms with Gasteiger partial charge in [-0.3, -0.25) is 4.79 Å². The third-order valence-electron chi connectivity index (χ3n) is 13.1. The Bertz CT molecular complexity index is 1550. The summed E-state index contributed by atoms with van der Waals surface area (Å²) in [4.78, 5) is 14.0. The molecule has 0 N–H and O–H groups in total. The lowest BCUT2D eigenvalue weighted by molar-refractivity contribution is -0.213. The van der Waals surface area contributed by atoms with E-state index >= 15 is 0 Å². The number of ether oxygens (including phenoxy) is 5. The van der Waals surface area contributed by atoms with Gasteiger partial charge in [-0.25, -0.2) is 0 Å². The van der Waals surface area contributed by atoms with E-state index in [9.17, 15) is 4.79 Å². The number of fused-ring (bicyclic) bond motifs is 5. The number of carbonyl (C=O) groups excluding carboxylic acids is 1. The highest BCUT2D eigenvalue weighted by Crippen LogP contribution is 2.65. The van der Waals surface area contributed by atoms with E-state index in [-0.39, 0.29) is 36.6 Å². The maximum absolute atomic E-state index is 12.2. The number of rotatable bonds is 13. The van der Waals surface area contributed by atoms with Crippen LogP contribution in [0.5, 0.6) is 5.75 Å². The first kappa shape index (κ1) is 38.4. The zero-order valence-electron chi connectivity index (χ0n) is 32.6. The smallest absolute Gasteiger partial charge is 0.248 e. The summed E-state index contributed by atoms with van der Waals surface area (Å²) in [7, 11) is 1.85. The van der Waals surface area contributed by atoms with Gasteiger partial charge in [0.25, 0.3) is 0 Å². The van der Waals surface area contributed by atoms with Crippen molar-refractivity contribution in [3.63, 3.8) is 0 Å². The molecule has 2 aromatic rings. The van der Waals surface area contributed by atoms with E-state index in [0.717, 1.165) is 102 Å². The first-order chi connectivity index (χ1) is 25.9. The Morgan fingerprint density at radius 3 is 2.49 bits per heavy atom. The minimum absolute atomic E-state index is 0.0490. The van der Waals surface area contributed by atoms with Crippen LogP contribution in [0.4, 0.5) is 0 Å². The van der Waals surface area contributed by atoms with Crippen LogP contribution in [0.3, 0.4) is 0 Å². The average Bonchev–Trinajstić information content (AvgIpc) is 3.52. The van der Waals surface area contributed by atoms with Crippen LogP contribution in [0.1, 0.15) is 138 Å². The summed E-state index contributed by atoms with van der Waals surface area (Å²) in [5, 5.41) is 0. The van der Waals surface area contributed by atoms with Crippen molar-refractivity contribution in [2.24, 2.45) is 17.3 Å². The number of aryl methyl sites for hydroxylation is 1. The van der Waals surface area contributed by atoms with Crippen molar-refractivity contribution < 1.29 is 28.5 Å². The van der Waals surface area contributed by atoms with Crippen LogP contribution < -0.4 is 4.74 Å². The van der Waals surface area contributed by atoms with Crippen LogP contribution in [-0.2, 0) is 30.2 Å². The fraction of sp³-hybridized carbons (Fsp3) is 0.674. The van der Waals surface area contributed by atoms with Crippen LogP contribution in [0, 0.1) is 29.1 Å². The molecule has 7 nitrogen and oxygen atoms in total. The maximum atomic E-state index is 12.2. The van der Waals surface area contributed by atoms with Crippen molar-refractivity contribution >= 4 is 5.91 Å². The van der Waals surface area contributed by atoms with Crippen molar-refractivity contribution in [2.45, 2.75) is 141 Å². The lowest BCUT2D eigenvalue weighted by Gasteiger charge is -2.54. The highest BCUT2D eigenvalue weighted by Gasteiger charge is 2.59. The third kappa shape index (κ3) is 9.16. The molecule has 0 spiro atoms. The quantitative estimate of drug-likeness (QED) is 0.152. The summed E-state index contributed by atoms with van der Waals surface area (Å²) >= 11 is 0. The molecule has 288 valence electrons. The fourth-order valence-corrected chi connectivity index (χ4v) is 10.2. The molecule has 7 rings (SSSR count). The van der Waals surface area contributed by atoms with Crippen LogP contribution >= 0.6 is 0 Å². The molecule has 1 amide bonds. The molecule has 2 aliphatic heterocycles. The van der Waals surface area contributed by atoms with Crippen LogP contribution in [0.25, 0.3) is 0 Å². The minimum Gasteiger partial charge on any atom is -0.465 e. The Balaban J connectivity index is 1.05. The number of amides is 1. The second-order valence-electron chi connectivity index (χ2n) is 16.7. The Kier molecular flexibility index (Phi) is 13.2. The van der Waals surface area contributed by atoms with Gasteiger partial charge < -0.3 is 28.6 Å². The fourth-order valence-electron chi connectivity index (χ4n) is 10.2. The first-order valence-electron chi connectivity index (χ1n) is 21.0. The molecule has 2 aromatic carbocycles. The number of likely N-dealkylation sites (N-methyl/N-ethyl adjacent to an activating group) is 1. The molecule has 4 fully saturated rings. The monoisotopic (exact) mass is 725 g/mol. The predicted octanol–water partition coefficient (Wildman–Crippen LogP) is 9.16. The Morgan fingerprint density at radius 2 is 1.74 bits per heavy atom. The average molecular weight is 726 g/mol. The standard InChI is InChI=1S/C46H63NO6/c1-4-5-26-47(3)42(48)32-49-27-10-6-7-13-33-16-18-34(19-17-33)39-31-46(2)40(24-25-41(46)53-44-15-9-12-29-51-44)38-22-20-35-30-36(21-23-37(35)45(38)39)52-43-14-8-11-28-50-43/h16-19,21,23,30,38-41,43-45H,4-6,8-12,14-15,20,22,24-29,31-32H2,1-3H3/t38-,39+,40-,41-,43?,44?,45+,46-/m0/s1. The molecule has 7 heteroatoms. The lowest BCUT2D eigenvalue weighted by Crippen LogP contribution is -2.48. The molecule has 8 atom stereocenters. The van der Waals surface area contributed by atoms with Gasteiger partial charge in [-0.2, -0.15) is 0 Å². The number of hydrogen-bond acceptors (Lipinski definition) is 6. The minimum atomic E-state index is -0.127. The van der Waals surface area contributed by atoms with Gasteiger partial charge in [-0.15, -0.1) is 0 Å². The molecule has 2 heterocycles. The van der Waals surface area contributed by atoms with E-state index < -0.39 is 0 Å². The SMILES string of the molecule is CCCCN(C)C(=O)COCCCC#Cc1ccc([C@H]2C[C@]3(C)[C@@H](OC4CCCCO4)CC[C@H]3[C@@H]3CCc4cc(OC5CCCCO5)ccc4[C@H]32)cc1. The van der Waals surface area contributed by atoms with Crippen molar-refractivity contribution in [1.82, 2.24) is 4.90 Å². The van der Waals surface area contributed by atoms with Crippen molar-refractivity contribution in [3.8, 4) is 17.6 Å². The van der Waals surface area contributed by atoms with Crippen LogP contribution in [0.15, 0.2) is 42.5 Å². The van der Waals surface area contributed by atoms with Crippen LogP contribution in [0.2, 0.25) is 0 Å². The lowest BCUT2D eigenvalue weighted by atomic mass is 9.51. The number of unbranched alkanes of at least 4 members (excludes halogenated alkanes) is 2. The molecule has 3 aliphatic carbocycles. The van der Waals surface area contributed by atoms with Gasteiger partial charge in [0.15, 0.2) is 12.6 Å². The van der Waals surface area contributed by atoms with Gasteiger partial charge in [0, 0.05) is 45.2 Å². The first-order valence-corrected chi connectivity index (χ1v) is 21.0. The number of benzene rings is 2. The molecule has 5 aliphatic rings. The second kappa shape index (κ2) is 18.2. The molecule has 2 saturated heterocycles. The second-order valence-corrected chi connectivity index (χ2v) is 16.7. The predicted molar refractivity (Wildman–Crippen MR) is 208 cm³/mol. The summed E-state index contributed by atoms with van der Waals surface area (Å²) in [6, 6.07) is 16.1. The Morgan fingerprint density at radius 1 is 0.943 bits per heavy atom. The largest absolute Gasteiger partial charge is 0.465 e. The summed E-state index contributed by atoms with van der Waals surface area (Å²) in [5.74, 6) is 9.85.